The topological polar surface area (TPSA) is 78.4 Å². The van der Waals surface area contributed by atoms with Crippen molar-refractivity contribution in [3.05, 3.63) is 0 Å². The van der Waals surface area contributed by atoms with Crippen molar-refractivity contribution in [1.82, 2.24) is 10.6 Å². The molecule has 0 aromatic heterocycles. The van der Waals surface area contributed by atoms with Gasteiger partial charge >= 0.3 is 5.97 Å². The maximum Gasteiger partial charge on any atom is 0.326 e. The normalized spacial score (nSPS) is 30.6. The number of carboxylic acid groups (broad SMARTS) is 1. The lowest BCUT2D eigenvalue weighted by Crippen LogP contribution is -2.49. The van der Waals surface area contributed by atoms with Crippen LogP contribution in [0.15, 0.2) is 0 Å². The number of carbonyl (C=O) groups is 2. The molecule has 3 N–H and O–H groups in total. The quantitative estimate of drug-likeness (QED) is 0.656. The molecule has 1 heterocycles. The number of aliphatic carboxylic acids is 1. The molecule has 2 fully saturated rings. The number of carbonyl (C=O) groups excluding carboxylic acids is 1. The molecule has 5 nitrogen and oxygen atoms in total. The van der Waals surface area contributed by atoms with E-state index in [1.54, 1.807) is 0 Å². The van der Waals surface area contributed by atoms with Gasteiger partial charge in [0.15, 0.2) is 0 Å². The molecular weight excluding hydrogens is 220 g/mol. The molecule has 3 atom stereocenters. The minimum atomic E-state index is -0.901. The molecule has 1 amide bonds. The monoisotopic (exact) mass is 240 g/mol. The molecule has 1 saturated heterocycles. The zero-order chi connectivity index (χ0) is 12.4. The number of piperidine rings is 1. The zero-order valence-electron chi connectivity index (χ0n) is 10.1. The Labute approximate surface area is 101 Å². The van der Waals surface area contributed by atoms with Crippen LogP contribution in [0.1, 0.15) is 26.2 Å². The van der Waals surface area contributed by atoms with Gasteiger partial charge in [0.1, 0.15) is 6.04 Å². The lowest BCUT2D eigenvalue weighted by atomic mass is 9.87. The molecule has 0 spiro atoms. The highest BCUT2D eigenvalue weighted by atomic mass is 16.4. The Kier molecular flexibility index (Phi) is 3.66. The second-order valence-electron chi connectivity index (χ2n) is 5.24. The van der Waals surface area contributed by atoms with Gasteiger partial charge in [-0.15, -0.1) is 0 Å². The summed E-state index contributed by atoms with van der Waals surface area (Å²) >= 11 is 0. The number of rotatable bonds is 4. The number of hydrogen-bond acceptors (Lipinski definition) is 3. The number of hydrogen-bond donors (Lipinski definition) is 3. The summed E-state index contributed by atoms with van der Waals surface area (Å²) in [6.45, 7) is 3.70. The highest BCUT2D eigenvalue weighted by Crippen LogP contribution is 2.33. The van der Waals surface area contributed by atoms with E-state index < -0.39 is 12.0 Å². The molecule has 96 valence electrons. The van der Waals surface area contributed by atoms with E-state index in [9.17, 15) is 9.59 Å². The molecule has 1 aliphatic heterocycles. The standard InChI is InChI=1S/C12H20N2O3/c1-7-6-13-5-4-9(7)11(15)14-10(12(16)17)8-2-3-8/h7-10,13H,2-6H2,1H3,(H,14,15)(H,16,17). The third kappa shape index (κ3) is 2.97. The minimum absolute atomic E-state index is 0.0446. The van der Waals surface area contributed by atoms with Crippen LogP contribution in [0.4, 0.5) is 0 Å². The summed E-state index contributed by atoms with van der Waals surface area (Å²) in [6, 6.07) is -0.676. The van der Waals surface area contributed by atoms with Gasteiger partial charge in [-0.1, -0.05) is 6.92 Å². The average Bonchev–Trinajstić information content (AvgIpc) is 3.09. The Morgan fingerprint density at radius 3 is 2.59 bits per heavy atom. The van der Waals surface area contributed by atoms with Crippen molar-refractivity contribution in [3.63, 3.8) is 0 Å². The lowest BCUT2D eigenvalue weighted by Gasteiger charge is -2.29. The first kappa shape index (κ1) is 12.4. The Hall–Kier alpha value is -1.10. The average molecular weight is 240 g/mol. The van der Waals surface area contributed by atoms with E-state index in [0.717, 1.165) is 32.4 Å². The van der Waals surface area contributed by atoms with Crippen LogP contribution >= 0.6 is 0 Å². The van der Waals surface area contributed by atoms with E-state index in [0.29, 0.717) is 0 Å². The summed E-state index contributed by atoms with van der Waals surface area (Å²) in [4.78, 5) is 23.1. The van der Waals surface area contributed by atoms with Gasteiger partial charge in [-0.2, -0.15) is 0 Å². The maximum absolute atomic E-state index is 12.1. The van der Waals surface area contributed by atoms with E-state index in [1.165, 1.54) is 0 Å². The van der Waals surface area contributed by atoms with Crippen LogP contribution in [0.2, 0.25) is 0 Å². The van der Waals surface area contributed by atoms with E-state index in [2.05, 4.69) is 10.6 Å². The van der Waals surface area contributed by atoms with Crippen LogP contribution in [-0.4, -0.2) is 36.1 Å². The fourth-order valence-electron chi connectivity index (χ4n) is 2.47. The molecule has 3 unspecified atom stereocenters. The van der Waals surface area contributed by atoms with Crippen molar-refractivity contribution in [3.8, 4) is 0 Å². The van der Waals surface area contributed by atoms with Crippen molar-refractivity contribution in [2.45, 2.75) is 32.2 Å². The van der Waals surface area contributed by atoms with Crippen LogP contribution in [0.3, 0.4) is 0 Å². The van der Waals surface area contributed by atoms with E-state index >= 15 is 0 Å². The number of nitrogens with one attached hydrogen (secondary N) is 2. The van der Waals surface area contributed by atoms with Gasteiger partial charge in [-0.3, -0.25) is 4.79 Å². The Morgan fingerprint density at radius 2 is 2.06 bits per heavy atom. The SMILES string of the molecule is CC1CNCCC1C(=O)NC(C(=O)O)C1CC1. The van der Waals surface area contributed by atoms with Crippen LogP contribution in [-0.2, 0) is 9.59 Å². The summed E-state index contributed by atoms with van der Waals surface area (Å²) in [5.74, 6) is -0.608. The van der Waals surface area contributed by atoms with Gasteiger partial charge in [0.05, 0.1) is 0 Å². The van der Waals surface area contributed by atoms with Gasteiger partial charge in [-0.25, -0.2) is 4.79 Å². The molecular formula is C12H20N2O3. The summed E-state index contributed by atoms with van der Waals surface area (Å²) in [6.07, 6.45) is 2.63. The summed E-state index contributed by atoms with van der Waals surface area (Å²) in [7, 11) is 0. The van der Waals surface area contributed by atoms with Crippen molar-refractivity contribution in [2.24, 2.45) is 17.8 Å². The highest BCUT2D eigenvalue weighted by molar-refractivity contribution is 5.85. The first-order valence-electron chi connectivity index (χ1n) is 6.33. The second-order valence-corrected chi connectivity index (χ2v) is 5.24. The Bertz CT molecular complexity index is 315. The molecule has 5 heteroatoms. The van der Waals surface area contributed by atoms with E-state index in [4.69, 9.17) is 5.11 Å². The van der Waals surface area contributed by atoms with Crippen LogP contribution in [0, 0.1) is 17.8 Å². The van der Waals surface area contributed by atoms with Crippen molar-refractivity contribution in [2.75, 3.05) is 13.1 Å². The molecule has 1 aliphatic carbocycles. The largest absolute Gasteiger partial charge is 0.480 e. The zero-order valence-corrected chi connectivity index (χ0v) is 10.1. The fourth-order valence-corrected chi connectivity index (χ4v) is 2.47. The van der Waals surface area contributed by atoms with Crippen LogP contribution < -0.4 is 10.6 Å². The molecule has 1 saturated carbocycles. The third-order valence-electron chi connectivity index (χ3n) is 3.78. The third-order valence-corrected chi connectivity index (χ3v) is 3.78. The predicted molar refractivity (Wildman–Crippen MR) is 62.4 cm³/mol. The van der Waals surface area contributed by atoms with Gasteiger partial charge in [0.25, 0.3) is 0 Å². The van der Waals surface area contributed by atoms with Crippen molar-refractivity contribution >= 4 is 11.9 Å². The lowest BCUT2D eigenvalue weighted by molar-refractivity contribution is -0.143. The highest BCUT2D eigenvalue weighted by Gasteiger charge is 2.39. The van der Waals surface area contributed by atoms with E-state index in [1.807, 2.05) is 6.92 Å². The molecule has 2 aliphatic rings. The first-order chi connectivity index (χ1) is 8.09. The second kappa shape index (κ2) is 5.04. The minimum Gasteiger partial charge on any atom is -0.480 e. The smallest absolute Gasteiger partial charge is 0.326 e. The Morgan fingerprint density at radius 1 is 1.35 bits per heavy atom. The summed E-state index contributed by atoms with van der Waals surface area (Å²) in [5, 5.41) is 15.0. The van der Waals surface area contributed by atoms with E-state index in [-0.39, 0.29) is 23.7 Å². The molecule has 0 aromatic carbocycles. The van der Waals surface area contributed by atoms with Gasteiger partial charge in [0, 0.05) is 5.92 Å². The summed E-state index contributed by atoms with van der Waals surface area (Å²) in [5.41, 5.74) is 0. The first-order valence-corrected chi connectivity index (χ1v) is 6.33. The van der Waals surface area contributed by atoms with Crippen molar-refractivity contribution in [1.29, 1.82) is 0 Å². The van der Waals surface area contributed by atoms with Gasteiger partial charge in [0.2, 0.25) is 5.91 Å². The van der Waals surface area contributed by atoms with Gasteiger partial charge < -0.3 is 15.7 Å². The molecule has 0 bridgehead atoms. The van der Waals surface area contributed by atoms with Crippen LogP contribution in [0.5, 0.6) is 0 Å². The fraction of sp³-hybridized carbons (Fsp3) is 0.833. The van der Waals surface area contributed by atoms with Crippen molar-refractivity contribution < 1.29 is 14.7 Å². The number of carboxylic acids is 1. The van der Waals surface area contributed by atoms with Crippen LogP contribution in [0.25, 0.3) is 0 Å². The predicted octanol–water partition coefficient (Wildman–Crippen LogP) is 0.211. The molecule has 2 rings (SSSR count). The number of amides is 1. The Balaban J connectivity index is 1.92. The molecule has 0 aromatic rings. The van der Waals surface area contributed by atoms with Gasteiger partial charge in [-0.05, 0) is 44.2 Å². The molecule has 0 radical (unpaired) electrons. The molecule has 17 heavy (non-hydrogen) atoms. The maximum atomic E-state index is 12.1. The summed E-state index contributed by atoms with van der Waals surface area (Å²) < 4.78 is 0.